The first-order valence-electron chi connectivity index (χ1n) is 9.06. The highest BCUT2D eigenvalue weighted by molar-refractivity contribution is 7.91. The third-order valence-corrected chi connectivity index (χ3v) is 7.27. The average Bonchev–Trinajstić information content (AvgIpc) is 3.08. The lowest BCUT2D eigenvalue weighted by Crippen LogP contribution is -2.27. The Morgan fingerprint density at radius 3 is 2.29 bits per heavy atom. The number of carbonyl (C=O) groups excluding carboxylic acids is 2. The number of primary amides is 1. The summed E-state index contributed by atoms with van der Waals surface area (Å²) in [4.78, 5) is 28.7. The van der Waals surface area contributed by atoms with Crippen LogP contribution in [0.3, 0.4) is 0 Å². The second-order valence-electron chi connectivity index (χ2n) is 6.91. The molecule has 0 bridgehead atoms. The van der Waals surface area contributed by atoms with Crippen LogP contribution in [0.4, 0.5) is 0 Å². The Labute approximate surface area is 189 Å². The van der Waals surface area contributed by atoms with Crippen LogP contribution in [0.1, 0.15) is 32.1 Å². The first-order valence-corrected chi connectivity index (χ1v) is 11.3. The quantitative estimate of drug-likeness (QED) is 0.558. The summed E-state index contributed by atoms with van der Waals surface area (Å²) in [6.45, 7) is 1.59. The smallest absolute Gasteiger partial charge is 0.270 e. The van der Waals surface area contributed by atoms with Gasteiger partial charge in [-0.15, -0.1) is 0 Å². The van der Waals surface area contributed by atoms with Crippen LogP contribution in [-0.4, -0.2) is 37.2 Å². The fraction of sp³-hybridized carbons (Fsp3) is 0.143. The Hall–Kier alpha value is -2.81. The van der Waals surface area contributed by atoms with Crippen molar-refractivity contribution in [3.05, 3.63) is 81.1 Å². The van der Waals surface area contributed by atoms with Crippen molar-refractivity contribution >= 4 is 44.9 Å². The van der Waals surface area contributed by atoms with Crippen molar-refractivity contribution in [2.45, 2.75) is 23.3 Å². The van der Waals surface area contributed by atoms with Crippen LogP contribution in [0, 0.1) is 6.92 Å². The number of nitrogens with one attached hydrogen (secondary N) is 1. The van der Waals surface area contributed by atoms with Crippen molar-refractivity contribution in [2.75, 3.05) is 7.05 Å². The second-order valence-corrected chi connectivity index (χ2v) is 9.64. The Morgan fingerprint density at radius 1 is 1.06 bits per heavy atom. The van der Waals surface area contributed by atoms with Crippen molar-refractivity contribution in [3.8, 4) is 0 Å². The van der Waals surface area contributed by atoms with Gasteiger partial charge in [-0.2, -0.15) is 0 Å². The standard InChI is InChI=1S/C21H19Cl2N3O4S/c1-12-17(21(28)26(2)11-13-8-9-14(22)10-16(13)23)25-18(20(24)27)19(12)31(29,30)15-6-4-3-5-7-15/h3-10,25H,11H2,1-2H3,(H2,24,27). The van der Waals surface area contributed by atoms with Gasteiger partial charge in [0, 0.05) is 23.6 Å². The first kappa shape index (κ1) is 22.9. The molecule has 0 saturated carbocycles. The highest BCUT2D eigenvalue weighted by atomic mass is 35.5. The molecule has 1 aromatic heterocycles. The number of carbonyl (C=O) groups is 2. The zero-order chi connectivity index (χ0) is 22.9. The van der Waals surface area contributed by atoms with Crippen LogP contribution in [-0.2, 0) is 16.4 Å². The number of nitrogens with two attached hydrogens (primary N) is 1. The van der Waals surface area contributed by atoms with Gasteiger partial charge in [-0.1, -0.05) is 47.5 Å². The summed E-state index contributed by atoms with van der Waals surface area (Å²) in [6.07, 6.45) is 0. The Bertz CT molecular complexity index is 1270. The molecule has 0 atom stereocenters. The third kappa shape index (κ3) is 4.46. The molecule has 1 heterocycles. The molecule has 3 N–H and O–H groups in total. The fourth-order valence-electron chi connectivity index (χ4n) is 3.19. The van der Waals surface area contributed by atoms with Crippen molar-refractivity contribution in [1.82, 2.24) is 9.88 Å². The van der Waals surface area contributed by atoms with E-state index >= 15 is 0 Å². The molecule has 3 aromatic rings. The van der Waals surface area contributed by atoms with E-state index in [1.807, 2.05) is 0 Å². The number of aromatic amines is 1. The van der Waals surface area contributed by atoms with Crippen LogP contribution in [0.5, 0.6) is 0 Å². The van der Waals surface area contributed by atoms with Gasteiger partial charge in [0.25, 0.3) is 11.8 Å². The number of halogens is 2. The van der Waals surface area contributed by atoms with Gasteiger partial charge in [-0.3, -0.25) is 9.59 Å². The van der Waals surface area contributed by atoms with Crippen molar-refractivity contribution in [2.24, 2.45) is 5.73 Å². The highest BCUT2D eigenvalue weighted by Crippen LogP contribution is 2.30. The molecular formula is C21H19Cl2N3O4S. The Balaban J connectivity index is 2.03. The number of hydrogen-bond donors (Lipinski definition) is 2. The van der Waals surface area contributed by atoms with E-state index in [2.05, 4.69) is 4.98 Å². The number of nitrogens with zero attached hydrogens (tertiary/aromatic N) is 1. The minimum Gasteiger partial charge on any atom is -0.364 e. The minimum atomic E-state index is -4.09. The minimum absolute atomic E-state index is 0.0140. The van der Waals surface area contributed by atoms with Gasteiger partial charge < -0.3 is 15.6 Å². The molecule has 0 aliphatic heterocycles. The van der Waals surface area contributed by atoms with Crippen molar-refractivity contribution < 1.29 is 18.0 Å². The van der Waals surface area contributed by atoms with Crippen LogP contribution in [0.15, 0.2) is 58.3 Å². The number of amides is 2. The predicted octanol–water partition coefficient (Wildman–Crippen LogP) is 3.83. The van der Waals surface area contributed by atoms with Crippen molar-refractivity contribution in [3.63, 3.8) is 0 Å². The maximum absolute atomic E-state index is 13.2. The average molecular weight is 480 g/mol. The zero-order valence-electron chi connectivity index (χ0n) is 16.6. The van der Waals surface area contributed by atoms with E-state index in [0.29, 0.717) is 15.6 Å². The second kappa shape index (κ2) is 8.74. The maximum atomic E-state index is 13.2. The number of benzene rings is 2. The van der Waals surface area contributed by atoms with E-state index in [1.165, 1.54) is 31.0 Å². The molecule has 7 nitrogen and oxygen atoms in total. The van der Waals surface area contributed by atoms with E-state index in [0.717, 1.165) is 0 Å². The van der Waals surface area contributed by atoms with Crippen LogP contribution in [0.2, 0.25) is 10.0 Å². The number of rotatable bonds is 6. The van der Waals surface area contributed by atoms with E-state index < -0.39 is 21.7 Å². The van der Waals surface area contributed by atoms with Gasteiger partial charge in [0.1, 0.15) is 16.3 Å². The molecular weight excluding hydrogens is 461 g/mol. The SMILES string of the molecule is Cc1c(C(=O)N(C)Cc2ccc(Cl)cc2Cl)[nH]c(C(N)=O)c1S(=O)(=O)c1ccccc1. The molecule has 0 aliphatic rings. The topological polar surface area (TPSA) is 113 Å². The number of sulfone groups is 1. The molecule has 0 radical (unpaired) electrons. The van der Waals surface area contributed by atoms with E-state index in [4.69, 9.17) is 28.9 Å². The molecule has 0 aliphatic carbocycles. The molecule has 0 saturated heterocycles. The summed E-state index contributed by atoms with van der Waals surface area (Å²) in [7, 11) is -2.56. The molecule has 2 aromatic carbocycles. The first-order chi connectivity index (χ1) is 14.5. The number of aromatic nitrogens is 1. The molecule has 0 unspecified atom stereocenters. The van der Waals surface area contributed by atoms with Gasteiger partial charge in [0.2, 0.25) is 9.84 Å². The molecule has 0 spiro atoms. The lowest BCUT2D eigenvalue weighted by Gasteiger charge is -2.18. The van der Waals surface area contributed by atoms with E-state index in [9.17, 15) is 18.0 Å². The van der Waals surface area contributed by atoms with E-state index in [-0.39, 0.29) is 33.3 Å². The molecule has 0 fully saturated rings. The van der Waals surface area contributed by atoms with Gasteiger partial charge >= 0.3 is 0 Å². The number of H-pyrrole nitrogens is 1. The molecule has 31 heavy (non-hydrogen) atoms. The van der Waals surface area contributed by atoms with Crippen molar-refractivity contribution in [1.29, 1.82) is 0 Å². The maximum Gasteiger partial charge on any atom is 0.270 e. The predicted molar refractivity (Wildman–Crippen MR) is 118 cm³/mol. The molecule has 162 valence electrons. The van der Waals surface area contributed by atoms with Crippen LogP contribution >= 0.6 is 23.2 Å². The fourth-order valence-corrected chi connectivity index (χ4v) is 5.33. The molecule has 2 amide bonds. The summed E-state index contributed by atoms with van der Waals surface area (Å²) >= 11 is 12.1. The number of hydrogen-bond acceptors (Lipinski definition) is 4. The highest BCUT2D eigenvalue weighted by Gasteiger charge is 2.32. The normalized spacial score (nSPS) is 11.4. The van der Waals surface area contributed by atoms with Crippen LogP contribution < -0.4 is 5.73 Å². The lowest BCUT2D eigenvalue weighted by atomic mass is 10.2. The lowest BCUT2D eigenvalue weighted by molar-refractivity contribution is 0.0779. The summed E-state index contributed by atoms with van der Waals surface area (Å²) in [6, 6.07) is 12.5. The molecule has 10 heteroatoms. The summed E-state index contributed by atoms with van der Waals surface area (Å²) < 4.78 is 26.3. The Kier molecular flexibility index (Phi) is 6.45. The Morgan fingerprint density at radius 2 is 1.71 bits per heavy atom. The van der Waals surface area contributed by atoms with Gasteiger partial charge in [0.15, 0.2) is 0 Å². The zero-order valence-corrected chi connectivity index (χ0v) is 19.0. The van der Waals surface area contributed by atoms with Gasteiger partial charge in [-0.25, -0.2) is 8.42 Å². The summed E-state index contributed by atoms with van der Waals surface area (Å²) in [5.74, 6) is -1.51. The van der Waals surface area contributed by atoms with Gasteiger partial charge in [-0.05, 0) is 42.3 Å². The monoisotopic (exact) mass is 479 g/mol. The van der Waals surface area contributed by atoms with Gasteiger partial charge in [0.05, 0.1) is 4.90 Å². The third-order valence-electron chi connectivity index (χ3n) is 4.74. The van der Waals surface area contributed by atoms with E-state index in [1.54, 1.807) is 36.4 Å². The summed E-state index contributed by atoms with van der Waals surface area (Å²) in [5.41, 5.74) is 5.78. The van der Waals surface area contributed by atoms with Crippen LogP contribution in [0.25, 0.3) is 0 Å². The largest absolute Gasteiger partial charge is 0.364 e. The summed E-state index contributed by atoms with van der Waals surface area (Å²) in [5, 5.41) is 0.852. The molecule has 3 rings (SSSR count).